The molecule has 0 bridgehead atoms. The van der Waals surface area contributed by atoms with Gasteiger partial charge in [0.1, 0.15) is 0 Å². The van der Waals surface area contributed by atoms with E-state index in [0.29, 0.717) is 5.82 Å². The van der Waals surface area contributed by atoms with Crippen molar-refractivity contribution >= 4 is 30.0 Å². The standard InChI is InChI=1S/C16H21N5O2.ClH/c1-11(2)15(17)16(23)18-10-14(22)19-13-8-9-21(20-13)12-6-4-3-5-7-12;/h3-9,11,15H,10,17H2,1-2H3,(H,18,23)(H,19,20,22);1H/t15-;/m0./s1. The Morgan fingerprint density at radius 3 is 2.50 bits per heavy atom. The minimum Gasteiger partial charge on any atom is -0.346 e. The van der Waals surface area contributed by atoms with E-state index in [4.69, 9.17) is 5.73 Å². The summed E-state index contributed by atoms with van der Waals surface area (Å²) >= 11 is 0. The van der Waals surface area contributed by atoms with Crippen molar-refractivity contribution in [3.05, 3.63) is 42.6 Å². The molecule has 0 aliphatic heterocycles. The fourth-order valence-electron chi connectivity index (χ4n) is 1.89. The lowest BCUT2D eigenvalue weighted by molar-refractivity contribution is -0.125. The number of para-hydroxylation sites is 1. The first-order valence-electron chi connectivity index (χ1n) is 7.41. The average Bonchev–Trinajstić information content (AvgIpc) is 3.01. The number of amides is 2. The Morgan fingerprint density at radius 1 is 1.21 bits per heavy atom. The van der Waals surface area contributed by atoms with Crippen LogP contribution >= 0.6 is 12.4 Å². The van der Waals surface area contributed by atoms with E-state index in [-0.39, 0.29) is 36.7 Å². The molecule has 7 nitrogen and oxygen atoms in total. The molecule has 0 aliphatic carbocycles. The minimum absolute atomic E-state index is 0. The van der Waals surface area contributed by atoms with Crippen LogP contribution in [-0.2, 0) is 9.59 Å². The molecule has 0 unspecified atom stereocenters. The number of hydrogen-bond donors (Lipinski definition) is 3. The Labute approximate surface area is 147 Å². The van der Waals surface area contributed by atoms with Crippen molar-refractivity contribution in [1.82, 2.24) is 15.1 Å². The monoisotopic (exact) mass is 351 g/mol. The lowest BCUT2D eigenvalue weighted by Gasteiger charge is -2.14. The summed E-state index contributed by atoms with van der Waals surface area (Å²) in [5.41, 5.74) is 6.60. The summed E-state index contributed by atoms with van der Waals surface area (Å²) < 4.78 is 1.66. The summed E-state index contributed by atoms with van der Waals surface area (Å²) in [5.74, 6) is -0.265. The molecule has 0 radical (unpaired) electrons. The number of hydrogen-bond acceptors (Lipinski definition) is 4. The van der Waals surface area contributed by atoms with E-state index >= 15 is 0 Å². The fourth-order valence-corrected chi connectivity index (χ4v) is 1.89. The number of nitrogens with zero attached hydrogens (tertiary/aromatic N) is 2. The number of benzene rings is 1. The quantitative estimate of drug-likeness (QED) is 0.730. The van der Waals surface area contributed by atoms with Crippen LogP contribution in [-0.4, -0.2) is 34.2 Å². The Balaban J connectivity index is 0.00000288. The molecule has 8 heteroatoms. The van der Waals surface area contributed by atoms with Crippen molar-refractivity contribution < 1.29 is 9.59 Å². The molecule has 0 saturated heterocycles. The number of nitrogens with one attached hydrogen (secondary N) is 2. The van der Waals surface area contributed by atoms with Gasteiger partial charge in [-0.1, -0.05) is 32.0 Å². The van der Waals surface area contributed by atoms with E-state index < -0.39 is 6.04 Å². The SMILES string of the molecule is CC(C)[C@H](N)C(=O)NCC(=O)Nc1ccn(-c2ccccc2)n1.Cl. The first-order chi connectivity index (χ1) is 11.0. The smallest absolute Gasteiger partial charge is 0.244 e. The Hall–Kier alpha value is -2.38. The number of anilines is 1. The lowest BCUT2D eigenvalue weighted by Crippen LogP contribution is -2.46. The summed E-state index contributed by atoms with van der Waals surface area (Å²) in [4.78, 5) is 23.5. The van der Waals surface area contributed by atoms with E-state index in [1.54, 1.807) is 16.9 Å². The van der Waals surface area contributed by atoms with Gasteiger partial charge in [0.2, 0.25) is 11.8 Å². The highest BCUT2D eigenvalue weighted by Gasteiger charge is 2.17. The number of nitrogens with two attached hydrogens (primary N) is 1. The molecule has 1 heterocycles. The first kappa shape index (κ1) is 19.7. The number of rotatable bonds is 6. The van der Waals surface area contributed by atoms with E-state index in [2.05, 4.69) is 15.7 Å². The van der Waals surface area contributed by atoms with Crippen molar-refractivity contribution in [1.29, 1.82) is 0 Å². The maximum atomic E-state index is 11.8. The Morgan fingerprint density at radius 2 is 1.88 bits per heavy atom. The van der Waals surface area contributed by atoms with Gasteiger partial charge in [0, 0.05) is 12.3 Å². The minimum atomic E-state index is -0.625. The second-order valence-corrected chi connectivity index (χ2v) is 5.52. The fraction of sp³-hybridized carbons (Fsp3) is 0.312. The largest absolute Gasteiger partial charge is 0.346 e. The van der Waals surface area contributed by atoms with Crippen LogP contribution in [0.1, 0.15) is 13.8 Å². The van der Waals surface area contributed by atoms with Gasteiger partial charge < -0.3 is 16.4 Å². The molecule has 0 fully saturated rings. The summed E-state index contributed by atoms with van der Waals surface area (Å²) in [6, 6.07) is 10.6. The van der Waals surface area contributed by atoms with Gasteiger partial charge in [-0.3, -0.25) is 9.59 Å². The van der Waals surface area contributed by atoms with E-state index in [9.17, 15) is 9.59 Å². The molecule has 0 saturated carbocycles. The predicted octanol–water partition coefficient (Wildman–Crippen LogP) is 1.33. The number of aromatic nitrogens is 2. The van der Waals surface area contributed by atoms with Gasteiger partial charge in [-0.15, -0.1) is 12.4 Å². The van der Waals surface area contributed by atoms with Crippen LogP contribution in [0.2, 0.25) is 0 Å². The highest BCUT2D eigenvalue weighted by Crippen LogP contribution is 2.09. The van der Waals surface area contributed by atoms with Crippen LogP contribution in [0.4, 0.5) is 5.82 Å². The zero-order chi connectivity index (χ0) is 16.8. The van der Waals surface area contributed by atoms with Crippen molar-refractivity contribution in [3.8, 4) is 5.69 Å². The van der Waals surface area contributed by atoms with E-state index in [0.717, 1.165) is 5.69 Å². The zero-order valence-electron chi connectivity index (χ0n) is 13.6. The van der Waals surface area contributed by atoms with Crippen LogP contribution < -0.4 is 16.4 Å². The lowest BCUT2D eigenvalue weighted by atomic mass is 10.1. The number of carbonyl (C=O) groups is 2. The first-order valence-corrected chi connectivity index (χ1v) is 7.41. The van der Waals surface area contributed by atoms with Gasteiger partial charge >= 0.3 is 0 Å². The van der Waals surface area contributed by atoms with Crippen LogP contribution in [0, 0.1) is 5.92 Å². The van der Waals surface area contributed by atoms with Gasteiger partial charge in [-0.2, -0.15) is 5.10 Å². The second-order valence-electron chi connectivity index (χ2n) is 5.52. The molecular formula is C16H22ClN5O2. The molecule has 2 amide bonds. The van der Waals surface area contributed by atoms with Crippen LogP contribution in [0.25, 0.3) is 5.69 Å². The van der Waals surface area contributed by atoms with Crippen molar-refractivity contribution in [3.63, 3.8) is 0 Å². The molecule has 1 aromatic heterocycles. The molecule has 0 aliphatic rings. The molecule has 4 N–H and O–H groups in total. The van der Waals surface area contributed by atoms with E-state index in [1.807, 2.05) is 44.2 Å². The van der Waals surface area contributed by atoms with Gasteiger partial charge in [0.25, 0.3) is 0 Å². The molecule has 2 aromatic rings. The molecule has 1 aromatic carbocycles. The van der Waals surface area contributed by atoms with Crippen LogP contribution in [0.5, 0.6) is 0 Å². The third-order valence-corrected chi connectivity index (χ3v) is 3.32. The van der Waals surface area contributed by atoms with Gasteiger partial charge in [-0.05, 0) is 18.1 Å². The molecule has 2 rings (SSSR count). The summed E-state index contributed by atoms with van der Waals surface area (Å²) in [7, 11) is 0. The zero-order valence-corrected chi connectivity index (χ0v) is 14.4. The molecular weight excluding hydrogens is 330 g/mol. The van der Waals surface area contributed by atoms with Gasteiger partial charge in [0.05, 0.1) is 18.3 Å². The summed E-state index contributed by atoms with van der Waals surface area (Å²) in [5, 5.41) is 9.40. The number of halogens is 1. The molecule has 0 spiro atoms. The average molecular weight is 352 g/mol. The third-order valence-electron chi connectivity index (χ3n) is 3.32. The highest BCUT2D eigenvalue weighted by molar-refractivity contribution is 5.94. The topological polar surface area (TPSA) is 102 Å². The summed E-state index contributed by atoms with van der Waals surface area (Å²) in [6.45, 7) is 3.55. The Kier molecular flexibility index (Phi) is 7.41. The van der Waals surface area contributed by atoms with Crippen LogP contribution in [0.3, 0.4) is 0 Å². The molecule has 130 valence electrons. The van der Waals surface area contributed by atoms with Gasteiger partial charge in [-0.25, -0.2) is 4.68 Å². The van der Waals surface area contributed by atoms with Crippen molar-refractivity contribution in [2.24, 2.45) is 11.7 Å². The van der Waals surface area contributed by atoms with Crippen molar-refractivity contribution in [2.75, 3.05) is 11.9 Å². The molecule has 1 atom stereocenters. The van der Waals surface area contributed by atoms with Crippen molar-refractivity contribution in [2.45, 2.75) is 19.9 Å². The summed E-state index contributed by atoms with van der Waals surface area (Å²) in [6.07, 6.45) is 1.75. The van der Waals surface area contributed by atoms with Gasteiger partial charge in [0.15, 0.2) is 5.82 Å². The molecule has 24 heavy (non-hydrogen) atoms. The third kappa shape index (κ3) is 5.36. The van der Waals surface area contributed by atoms with Crippen LogP contribution in [0.15, 0.2) is 42.6 Å². The van der Waals surface area contributed by atoms with E-state index in [1.165, 1.54) is 0 Å². The normalized spacial score (nSPS) is 11.5. The maximum Gasteiger partial charge on any atom is 0.244 e. The maximum absolute atomic E-state index is 11.8. The highest BCUT2D eigenvalue weighted by atomic mass is 35.5. The number of carbonyl (C=O) groups excluding carboxylic acids is 2. The predicted molar refractivity (Wildman–Crippen MR) is 95.3 cm³/mol. The Bertz CT molecular complexity index is 672. The second kappa shape index (κ2) is 9.05.